The maximum atomic E-state index is 11.2. The predicted octanol–water partition coefficient (Wildman–Crippen LogP) is 4.57. The molecular formula is C22H34ClNO. The molecule has 2 aliphatic carbocycles. The van der Waals surface area contributed by atoms with E-state index >= 15 is 0 Å². The summed E-state index contributed by atoms with van der Waals surface area (Å²) in [5, 5.41) is 11.2. The summed E-state index contributed by atoms with van der Waals surface area (Å²) in [6.07, 6.45) is 6.85. The van der Waals surface area contributed by atoms with E-state index in [-0.39, 0.29) is 12.4 Å². The molecule has 2 aliphatic heterocycles. The van der Waals surface area contributed by atoms with Crippen LogP contribution < -0.4 is 0 Å². The molecule has 1 saturated carbocycles. The zero-order valence-corrected chi connectivity index (χ0v) is 17.0. The number of fused-ring (bicyclic) bond motifs is 2. The fourth-order valence-electron chi connectivity index (χ4n) is 6.77. The summed E-state index contributed by atoms with van der Waals surface area (Å²) in [6.45, 7) is 6.68. The Kier molecular flexibility index (Phi) is 5.03. The quantitative estimate of drug-likeness (QED) is 0.846. The van der Waals surface area contributed by atoms with Gasteiger partial charge in [0.2, 0.25) is 0 Å². The molecule has 1 N–H and O–H groups in total. The first-order valence-corrected chi connectivity index (χ1v) is 9.97. The van der Waals surface area contributed by atoms with E-state index in [0.717, 1.165) is 12.8 Å². The molecule has 1 aromatic carbocycles. The minimum absolute atomic E-state index is 0. The van der Waals surface area contributed by atoms with Crippen molar-refractivity contribution in [2.24, 2.45) is 11.8 Å². The number of piperidine rings is 2. The van der Waals surface area contributed by atoms with Crippen LogP contribution in [0.2, 0.25) is 0 Å². The lowest BCUT2D eigenvalue weighted by molar-refractivity contribution is -0.155. The van der Waals surface area contributed by atoms with E-state index in [0.29, 0.717) is 29.3 Å². The molecule has 0 radical (unpaired) electrons. The monoisotopic (exact) mass is 363 g/mol. The molecule has 4 bridgehead atoms. The lowest BCUT2D eigenvalue weighted by atomic mass is 9.47. The van der Waals surface area contributed by atoms with Crippen molar-refractivity contribution in [3.63, 3.8) is 0 Å². The second-order valence-corrected chi connectivity index (χ2v) is 8.93. The molecule has 1 aromatic rings. The molecule has 5 unspecified atom stereocenters. The summed E-state index contributed by atoms with van der Waals surface area (Å²) in [5.74, 6) is 1.12. The van der Waals surface area contributed by atoms with Crippen LogP contribution in [0, 0.1) is 11.8 Å². The van der Waals surface area contributed by atoms with Gasteiger partial charge in [0.1, 0.15) is 0 Å². The van der Waals surface area contributed by atoms with Gasteiger partial charge >= 0.3 is 0 Å². The van der Waals surface area contributed by atoms with Crippen molar-refractivity contribution in [2.45, 2.75) is 82.4 Å². The maximum absolute atomic E-state index is 11.2. The van der Waals surface area contributed by atoms with E-state index in [1.54, 1.807) is 11.1 Å². The zero-order valence-electron chi connectivity index (χ0n) is 16.2. The van der Waals surface area contributed by atoms with Gasteiger partial charge in [-0.3, -0.25) is 4.90 Å². The molecule has 2 nitrogen and oxygen atoms in total. The summed E-state index contributed by atoms with van der Waals surface area (Å²) in [4.78, 5) is 2.65. The number of aliphatic hydroxyl groups is 1. The Morgan fingerprint density at radius 3 is 2.64 bits per heavy atom. The van der Waals surface area contributed by atoms with Crippen LogP contribution in [0.25, 0.3) is 0 Å². The highest BCUT2D eigenvalue weighted by atomic mass is 35.5. The van der Waals surface area contributed by atoms with Crippen LogP contribution in [0.1, 0.15) is 64.0 Å². The molecule has 6 atom stereocenters. The van der Waals surface area contributed by atoms with Crippen LogP contribution in [0.15, 0.2) is 24.3 Å². The van der Waals surface area contributed by atoms with Gasteiger partial charge in [-0.05, 0) is 63.1 Å². The van der Waals surface area contributed by atoms with Gasteiger partial charge in [0.15, 0.2) is 0 Å². The van der Waals surface area contributed by atoms with Gasteiger partial charge in [0.05, 0.1) is 5.60 Å². The standard InChI is InChI=1S/C22H33NO.ClH/c1-5-11-21(3,24)17-13-18-19-12-15-9-7-8-10-16(15)22(18,6-2)14-20(17)23(19)4;/h7-10,17-20,24H,5-6,11-14H2,1-4H3;1H/t17?,18?,19?,20?,21?,22-;/m1./s1. The zero-order chi connectivity index (χ0) is 17.1. The second-order valence-electron chi connectivity index (χ2n) is 8.93. The topological polar surface area (TPSA) is 23.5 Å². The highest BCUT2D eigenvalue weighted by Gasteiger charge is 2.62. The Morgan fingerprint density at radius 2 is 1.96 bits per heavy atom. The van der Waals surface area contributed by atoms with Crippen molar-refractivity contribution in [1.29, 1.82) is 0 Å². The summed E-state index contributed by atoms with van der Waals surface area (Å²) < 4.78 is 0. The number of halogens is 1. The average Bonchev–Trinajstić information content (AvgIpc) is 2.58. The lowest BCUT2D eigenvalue weighted by Gasteiger charge is -2.67. The maximum Gasteiger partial charge on any atom is 0.0662 e. The Morgan fingerprint density at radius 1 is 1.24 bits per heavy atom. The van der Waals surface area contributed by atoms with Crippen molar-refractivity contribution in [1.82, 2.24) is 4.90 Å². The van der Waals surface area contributed by atoms with E-state index in [1.165, 1.54) is 25.7 Å². The van der Waals surface area contributed by atoms with Gasteiger partial charge in [-0.2, -0.15) is 0 Å². The van der Waals surface area contributed by atoms with Crippen LogP contribution in [-0.4, -0.2) is 34.7 Å². The summed E-state index contributed by atoms with van der Waals surface area (Å²) in [5.41, 5.74) is 3.02. The van der Waals surface area contributed by atoms with Gasteiger partial charge in [-0.25, -0.2) is 0 Å². The Bertz CT molecular complexity index is 630. The Balaban J connectivity index is 0.00000182. The molecule has 2 saturated heterocycles. The van der Waals surface area contributed by atoms with E-state index in [1.807, 2.05) is 0 Å². The first-order valence-electron chi connectivity index (χ1n) is 9.97. The first-order chi connectivity index (χ1) is 11.4. The smallest absolute Gasteiger partial charge is 0.0662 e. The molecule has 5 rings (SSSR count). The molecule has 0 spiro atoms. The number of nitrogens with zero attached hydrogens (tertiary/aromatic N) is 1. The molecule has 3 fully saturated rings. The molecule has 140 valence electrons. The summed E-state index contributed by atoms with van der Waals surface area (Å²) in [7, 11) is 2.32. The normalized spacial score (nSPS) is 38.6. The van der Waals surface area contributed by atoms with Crippen molar-refractivity contribution in [3.05, 3.63) is 35.4 Å². The molecule has 3 heteroatoms. The second kappa shape index (κ2) is 6.55. The van der Waals surface area contributed by atoms with Crippen LogP contribution in [0.4, 0.5) is 0 Å². The third-order valence-corrected chi connectivity index (χ3v) is 7.93. The fraction of sp³-hybridized carbons (Fsp3) is 0.727. The molecule has 2 heterocycles. The van der Waals surface area contributed by atoms with Gasteiger partial charge in [0, 0.05) is 23.4 Å². The van der Waals surface area contributed by atoms with Gasteiger partial charge in [0.25, 0.3) is 0 Å². The molecule has 25 heavy (non-hydrogen) atoms. The Labute approximate surface area is 159 Å². The number of likely N-dealkylation sites (N-methyl/N-ethyl adjacent to an activating group) is 1. The third kappa shape index (κ3) is 2.59. The molecule has 0 aromatic heterocycles. The molecular weight excluding hydrogens is 330 g/mol. The molecule has 4 aliphatic rings. The number of rotatable bonds is 4. The van der Waals surface area contributed by atoms with Crippen LogP contribution in [0.3, 0.4) is 0 Å². The van der Waals surface area contributed by atoms with Gasteiger partial charge in [-0.15, -0.1) is 12.4 Å². The number of hydrogen-bond donors (Lipinski definition) is 1. The van der Waals surface area contributed by atoms with Crippen LogP contribution in [0.5, 0.6) is 0 Å². The van der Waals surface area contributed by atoms with Crippen molar-refractivity contribution in [3.8, 4) is 0 Å². The largest absolute Gasteiger partial charge is 0.390 e. The summed E-state index contributed by atoms with van der Waals surface area (Å²) in [6, 6.07) is 10.4. The van der Waals surface area contributed by atoms with Gasteiger partial charge < -0.3 is 5.11 Å². The van der Waals surface area contributed by atoms with E-state index in [4.69, 9.17) is 0 Å². The number of benzene rings is 1. The van der Waals surface area contributed by atoms with Gasteiger partial charge in [-0.1, -0.05) is 44.5 Å². The van der Waals surface area contributed by atoms with E-state index in [2.05, 4.69) is 57.0 Å². The first kappa shape index (κ1) is 19.2. The van der Waals surface area contributed by atoms with E-state index in [9.17, 15) is 5.11 Å². The number of hydrogen-bond acceptors (Lipinski definition) is 2. The highest BCUT2D eigenvalue weighted by Crippen LogP contribution is 2.61. The molecule has 0 amide bonds. The van der Waals surface area contributed by atoms with Crippen molar-refractivity contribution < 1.29 is 5.11 Å². The average molecular weight is 364 g/mol. The SMILES string of the molecule is CCCC(C)(O)C1CC2C3Cc4ccccc4[C@@]2(CC)CC1N3C.Cl. The predicted molar refractivity (Wildman–Crippen MR) is 106 cm³/mol. The highest BCUT2D eigenvalue weighted by molar-refractivity contribution is 5.85. The van der Waals surface area contributed by atoms with E-state index < -0.39 is 5.60 Å². The minimum atomic E-state index is -0.518. The van der Waals surface area contributed by atoms with Crippen LogP contribution >= 0.6 is 12.4 Å². The Hall–Kier alpha value is -0.570. The summed E-state index contributed by atoms with van der Waals surface area (Å²) >= 11 is 0. The third-order valence-electron chi connectivity index (χ3n) is 7.93. The fourth-order valence-corrected chi connectivity index (χ4v) is 6.77. The van der Waals surface area contributed by atoms with Crippen molar-refractivity contribution >= 4 is 12.4 Å². The van der Waals surface area contributed by atoms with Crippen LogP contribution in [-0.2, 0) is 11.8 Å². The van der Waals surface area contributed by atoms with Crippen molar-refractivity contribution in [2.75, 3.05) is 7.05 Å². The lowest BCUT2D eigenvalue weighted by Crippen LogP contribution is -2.70. The minimum Gasteiger partial charge on any atom is -0.390 e.